The van der Waals surface area contributed by atoms with Gasteiger partial charge in [-0.2, -0.15) is 0 Å². The Morgan fingerprint density at radius 2 is 2.03 bits per heavy atom. The normalized spacial score (nSPS) is 23.7. The first-order chi connectivity index (χ1) is 13.9. The minimum absolute atomic E-state index is 0.00113. The molecule has 2 aromatic heterocycles. The second-order valence-corrected chi connectivity index (χ2v) is 6.66. The zero-order valence-electron chi connectivity index (χ0n) is 16.7. The smallest absolute Gasteiger partial charge is 0.361 e. The molecule has 10 nitrogen and oxygen atoms in total. The number of carbonyl (C=O) groups excluding carboxylic acids is 3. The highest BCUT2D eigenvalue weighted by Gasteiger charge is 2.47. The van der Waals surface area contributed by atoms with Gasteiger partial charge in [0.2, 0.25) is 11.5 Å². The highest BCUT2D eigenvalue weighted by Crippen LogP contribution is 2.38. The molecule has 0 unspecified atom stereocenters. The van der Waals surface area contributed by atoms with Crippen molar-refractivity contribution in [2.45, 2.75) is 52.6 Å². The summed E-state index contributed by atoms with van der Waals surface area (Å²) in [6, 6.07) is 3.01. The number of furan rings is 1. The van der Waals surface area contributed by atoms with Crippen molar-refractivity contribution in [3.8, 4) is 0 Å². The zero-order chi connectivity index (χ0) is 21.1. The predicted molar refractivity (Wildman–Crippen MR) is 97.0 cm³/mol. The standard InChI is InChI=1S/C19H23N3O7/c1-5-12-10(3)17(28-11(4)23)18(29-12)22-15(16(24)13-8-7-9-27-13)14(20-21-22)19(25)26-6-2/h7-10,12,17-18H,5-6H2,1-4H3/t10-,12-,17-,18-/m1/s1. The number of nitrogens with zero attached hydrogens (tertiary/aromatic N) is 3. The van der Waals surface area contributed by atoms with Crippen LogP contribution in [0.25, 0.3) is 0 Å². The molecule has 0 aromatic carbocycles. The van der Waals surface area contributed by atoms with E-state index >= 15 is 0 Å². The van der Waals surface area contributed by atoms with Crippen LogP contribution in [0.4, 0.5) is 0 Å². The summed E-state index contributed by atoms with van der Waals surface area (Å²) in [6.07, 6.45) is 0.136. The first-order valence-electron chi connectivity index (χ1n) is 9.42. The molecule has 4 atom stereocenters. The van der Waals surface area contributed by atoms with Crippen LogP contribution in [-0.2, 0) is 19.0 Å². The van der Waals surface area contributed by atoms with Gasteiger partial charge in [0.15, 0.2) is 23.8 Å². The molecule has 156 valence electrons. The number of esters is 2. The molecule has 0 radical (unpaired) electrons. The number of ketones is 1. The van der Waals surface area contributed by atoms with Gasteiger partial charge in [0, 0.05) is 12.8 Å². The Balaban J connectivity index is 2.09. The molecule has 0 N–H and O–H groups in total. The van der Waals surface area contributed by atoms with Crippen LogP contribution in [0.1, 0.15) is 67.1 Å². The SMILES string of the molecule is CCOC(=O)c1nnn([C@@H]2O[C@H](CC)[C@@H](C)[C@H]2OC(C)=O)c1C(=O)c1ccco1. The minimum Gasteiger partial charge on any atom is -0.461 e. The van der Waals surface area contributed by atoms with E-state index in [0.717, 1.165) is 0 Å². The Morgan fingerprint density at radius 1 is 1.28 bits per heavy atom. The summed E-state index contributed by atoms with van der Waals surface area (Å²) in [6.45, 7) is 6.86. The number of carbonyl (C=O) groups is 3. The fourth-order valence-electron chi connectivity index (χ4n) is 3.42. The van der Waals surface area contributed by atoms with Crippen LogP contribution in [0, 0.1) is 5.92 Å². The van der Waals surface area contributed by atoms with Gasteiger partial charge in [-0.3, -0.25) is 9.59 Å². The summed E-state index contributed by atoms with van der Waals surface area (Å²) < 4.78 is 22.9. The highest BCUT2D eigenvalue weighted by atomic mass is 16.6. The number of hydrogen-bond acceptors (Lipinski definition) is 9. The maximum atomic E-state index is 13.1. The summed E-state index contributed by atoms with van der Waals surface area (Å²) in [5, 5.41) is 7.84. The van der Waals surface area contributed by atoms with Crippen molar-refractivity contribution < 1.29 is 33.0 Å². The third-order valence-electron chi connectivity index (χ3n) is 4.77. The van der Waals surface area contributed by atoms with Gasteiger partial charge in [-0.05, 0) is 25.5 Å². The molecule has 1 aliphatic heterocycles. The molecule has 1 fully saturated rings. The number of aromatic nitrogens is 3. The first-order valence-corrected chi connectivity index (χ1v) is 9.42. The number of rotatable bonds is 7. The lowest BCUT2D eigenvalue weighted by atomic mass is 9.98. The second-order valence-electron chi connectivity index (χ2n) is 6.66. The molecule has 1 saturated heterocycles. The van der Waals surface area contributed by atoms with Crippen LogP contribution in [0.3, 0.4) is 0 Å². The molecule has 3 heterocycles. The summed E-state index contributed by atoms with van der Waals surface area (Å²) >= 11 is 0. The Hall–Kier alpha value is -3.01. The molecule has 10 heteroatoms. The van der Waals surface area contributed by atoms with E-state index in [9.17, 15) is 14.4 Å². The molecule has 0 spiro atoms. The molecule has 29 heavy (non-hydrogen) atoms. The van der Waals surface area contributed by atoms with Gasteiger partial charge < -0.3 is 18.6 Å². The summed E-state index contributed by atoms with van der Waals surface area (Å²) in [4.78, 5) is 37.1. The lowest BCUT2D eigenvalue weighted by Gasteiger charge is -2.21. The molecular weight excluding hydrogens is 382 g/mol. The van der Waals surface area contributed by atoms with Crippen molar-refractivity contribution in [3.63, 3.8) is 0 Å². The molecule has 0 saturated carbocycles. The number of hydrogen-bond donors (Lipinski definition) is 0. The fourth-order valence-corrected chi connectivity index (χ4v) is 3.42. The van der Waals surface area contributed by atoms with Crippen LogP contribution >= 0.6 is 0 Å². The Bertz CT molecular complexity index is 890. The molecule has 3 rings (SSSR count). The van der Waals surface area contributed by atoms with Gasteiger partial charge in [0.25, 0.3) is 0 Å². The van der Waals surface area contributed by atoms with E-state index in [-0.39, 0.29) is 35.8 Å². The van der Waals surface area contributed by atoms with Crippen molar-refractivity contribution >= 4 is 17.7 Å². The molecule has 0 aliphatic carbocycles. The average Bonchev–Trinajstić information content (AvgIpc) is 3.41. The van der Waals surface area contributed by atoms with Gasteiger partial charge in [0.1, 0.15) is 0 Å². The third kappa shape index (κ3) is 3.93. The van der Waals surface area contributed by atoms with Crippen LogP contribution in [0.15, 0.2) is 22.8 Å². The molecular formula is C19H23N3O7. The van der Waals surface area contributed by atoms with Crippen LogP contribution < -0.4 is 0 Å². The van der Waals surface area contributed by atoms with Gasteiger partial charge in [0.05, 0.1) is 19.0 Å². The third-order valence-corrected chi connectivity index (χ3v) is 4.77. The maximum absolute atomic E-state index is 13.1. The lowest BCUT2D eigenvalue weighted by molar-refractivity contribution is -0.154. The van der Waals surface area contributed by atoms with Crippen molar-refractivity contribution in [3.05, 3.63) is 35.5 Å². The Morgan fingerprint density at radius 3 is 2.62 bits per heavy atom. The van der Waals surface area contributed by atoms with E-state index < -0.39 is 30.1 Å². The molecule has 0 amide bonds. The quantitative estimate of drug-likeness (QED) is 0.503. The van der Waals surface area contributed by atoms with Gasteiger partial charge >= 0.3 is 11.9 Å². The number of ether oxygens (including phenoxy) is 3. The minimum atomic E-state index is -0.927. The summed E-state index contributed by atoms with van der Waals surface area (Å²) in [5.41, 5.74) is -0.407. The Labute approximate surface area is 167 Å². The molecule has 2 aromatic rings. The van der Waals surface area contributed by atoms with E-state index in [0.29, 0.717) is 6.42 Å². The summed E-state index contributed by atoms with van der Waals surface area (Å²) in [5.74, 6) is -2.05. The van der Waals surface area contributed by atoms with Crippen molar-refractivity contribution in [1.29, 1.82) is 0 Å². The molecule has 1 aliphatic rings. The second kappa shape index (κ2) is 8.56. The van der Waals surface area contributed by atoms with Crippen molar-refractivity contribution in [2.24, 2.45) is 5.92 Å². The van der Waals surface area contributed by atoms with Gasteiger partial charge in [-0.25, -0.2) is 9.48 Å². The largest absolute Gasteiger partial charge is 0.461 e. The fraction of sp³-hybridized carbons (Fsp3) is 0.526. The highest BCUT2D eigenvalue weighted by molar-refractivity contribution is 6.11. The van der Waals surface area contributed by atoms with E-state index in [1.165, 1.54) is 23.9 Å². The topological polar surface area (TPSA) is 123 Å². The van der Waals surface area contributed by atoms with Crippen molar-refractivity contribution in [2.75, 3.05) is 6.61 Å². The molecule has 0 bridgehead atoms. The summed E-state index contributed by atoms with van der Waals surface area (Å²) in [7, 11) is 0. The maximum Gasteiger partial charge on any atom is 0.361 e. The monoisotopic (exact) mass is 405 g/mol. The first kappa shape index (κ1) is 20.7. The van der Waals surface area contributed by atoms with Gasteiger partial charge in [-0.15, -0.1) is 5.10 Å². The van der Waals surface area contributed by atoms with Crippen LogP contribution in [0.5, 0.6) is 0 Å². The van der Waals surface area contributed by atoms with Gasteiger partial charge in [-0.1, -0.05) is 19.1 Å². The Kier molecular flexibility index (Phi) is 6.12. The van der Waals surface area contributed by atoms with E-state index in [1.54, 1.807) is 13.0 Å². The lowest BCUT2D eigenvalue weighted by Crippen LogP contribution is -2.31. The van der Waals surface area contributed by atoms with E-state index in [1.807, 2.05) is 13.8 Å². The average molecular weight is 405 g/mol. The van der Waals surface area contributed by atoms with Crippen molar-refractivity contribution in [1.82, 2.24) is 15.0 Å². The predicted octanol–water partition coefficient (Wildman–Crippen LogP) is 2.15. The van der Waals surface area contributed by atoms with Crippen LogP contribution in [0.2, 0.25) is 0 Å². The zero-order valence-corrected chi connectivity index (χ0v) is 16.7. The van der Waals surface area contributed by atoms with E-state index in [4.69, 9.17) is 18.6 Å². The van der Waals surface area contributed by atoms with E-state index in [2.05, 4.69) is 10.3 Å². The van der Waals surface area contributed by atoms with Crippen LogP contribution in [-0.4, -0.2) is 51.5 Å².